The minimum atomic E-state index is -0.325. The Morgan fingerprint density at radius 1 is 0.889 bits per heavy atom. The van der Waals surface area contributed by atoms with Crippen LogP contribution in [0.3, 0.4) is 0 Å². The zero-order valence-electron chi connectivity index (χ0n) is 23.5. The minimum Gasteiger partial charge on any atom is -0.461 e. The van der Waals surface area contributed by atoms with Crippen molar-refractivity contribution in [2.24, 2.45) is 40.9 Å². The van der Waals surface area contributed by atoms with Gasteiger partial charge in [-0.15, -0.1) is 0 Å². The molecule has 5 aliphatic carbocycles. The first-order valence-corrected chi connectivity index (χ1v) is 13.8. The van der Waals surface area contributed by atoms with Crippen molar-refractivity contribution in [2.75, 3.05) is 0 Å². The Morgan fingerprint density at radius 2 is 1.47 bits per heavy atom. The van der Waals surface area contributed by atoms with Gasteiger partial charge < -0.3 is 4.74 Å². The topological polar surface area (TPSA) is 60.4 Å². The van der Waals surface area contributed by atoms with E-state index in [0.717, 1.165) is 28.7 Å². The Morgan fingerprint density at radius 3 is 2.06 bits per heavy atom. The largest absolute Gasteiger partial charge is 0.461 e. The highest BCUT2D eigenvalue weighted by atomic mass is 16.5. The molecule has 5 aliphatic rings. The van der Waals surface area contributed by atoms with Gasteiger partial charge in [-0.2, -0.15) is 0 Å². The molecule has 0 N–H and O–H groups in total. The first-order valence-electron chi connectivity index (χ1n) is 13.8. The molecular formula is C32H42O4. The Bertz CT molecular complexity index is 1200. The van der Waals surface area contributed by atoms with Crippen molar-refractivity contribution in [3.63, 3.8) is 0 Å². The minimum absolute atomic E-state index is 0.112. The van der Waals surface area contributed by atoms with Gasteiger partial charge in [0.15, 0.2) is 11.6 Å². The van der Waals surface area contributed by atoms with Crippen molar-refractivity contribution in [3.05, 3.63) is 44.6 Å². The standard InChI is InChI=1S/C32H42O4/c1-14(2)20-12-22-18(7)30-28(26(22)16(5)10-24(20)34)29-27-17(6)11-25(35)21(15(3)4)13-23(27)32(30,9)31(29)36-19(8)33/h16-17,26,28-31H,10-13H2,1-9H3/t16-,17-,26+,28+,29-,30+,31+,32+/m1/s1. The molecule has 0 aromatic rings. The number of hydrogen-bond donors (Lipinski definition) is 0. The molecule has 0 aromatic carbocycles. The summed E-state index contributed by atoms with van der Waals surface area (Å²) in [5.41, 5.74) is 9.45. The SMILES string of the molecule is CC(=O)O[C@H]1[C@@H]2C3=C(CC(=C(C)C)C(=O)C[C@H]3C)[C@@]1(C)[C@H]1C(C)=C3CC(=C(C)C)C(=O)C[C@@H](C)[C@@H]3[C@@H]21. The summed E-state index contributed by atoms with van der Waals surface area (Å²) in [5, 5.41) is 0. The third kappa shape index (κ3) is 3.28. The highest BCUT2D eigenvalue weighted by Gasteiger charge is 2.72. The third-order valence-electron chi connectivity index (χ3n) is 10.5. The van der Waals surface area contributed by atoms with Crippen molar-refractivity contribution in [1.82, 2.24) is 0 Å². The number of carbonyl (C=O) groups is 3. The van der Waals surface area contributed by atoms with E-state index < -0.39 is 0 Å². The molecule has 2 fully saturated rings. The molecule has 8 atom stereocenters. The lowest BCUT2D eigenvalue weighted by atomic mass is 9.62. The predicted octanol–water partition coefficient (Wildman–Crippen LogP) is 6.71. The molecule has 2 saturated carbocycles. The van der Waals surface area contributed by atoms with Crippen molar-refractivity contribution < 1.29 is 19.1 Å². The predicted molar refractivity (Wildman–Crippen MR) is 141 cm³/mol. The summed E-state index contributed by atoms with van der Waals surface area (Å²) >= 11 is 0. The first kappa shape index (κ1) is 25.4. The van der Waals surface area contributed by atoms with Crippen LogP contribution in [0.4, 0.5) is 0 Å². The third-order valence-corrected chi connectivity index (χ3v) is 10.5. The van der Waals surface area contributed by atoms with E-state index in [-0.39, 0.29) is 46.9 Å². The summed E-state index contributed by atoms with van der Waals surface area (Å²) in [7, 11) is 0. The van der Waals surface area contributed by atoms with Crippen LogP contribution in [0.25, 0.3) is 0 Å². The van der Waals surface area contributed by atoms with Crippen LogP contribution in [0.5, 0.6) is 0 Å². The maximum Gasteiger partial charge on any atom is 0.302 e. The van der Waals surface area contributed by atoms with Crippen LogP contribution in [-0.4, -0.2) is 23.6 Å². The second kappa shape index (κ2) is 8.39. The Hall–Kier alpha value is -2.23. The summed E-state index contributed by atoms with van der Waals surface area (Å²) in [6, 6.07) is 0. The van der Waals surface area contributed by atoms with Gasteiger partial charge in [-0.1, -0.05) is 54.2 Å². The quantitative estimate of drug-likeness (QED) is 0.233. The molecule has 0 heterocycles. The normalized spacial score (nSPS) is 39.6. The summed E-state index contributed by atoms with van der Waals surface area (Å²) in [6.45, 7) is 18.8. The van der Waals surface area contributed by atoms with Crippen LogP contribution in [0.2, 0.25) is 0 Å². The van der Waals surface area contributed by atoms with E-state index in [9.17, 15) is 14.4 Å². The van der Waals surface area contributed by atoms with Crippen LogP contribution < -0.4 is 0 Å². The molecule has 0 radical (unpaired) electrons. The maximum atomic E-state index is 13.2. The highest BCUT2D eigenvalue weighted by Crippen LogP contribution is 2.74. The molecule has 0 aliphatic heterocycles. The maximum absolute atomic E-state index is 13.2. The lowest BCUT2D eigenvalue weighted by molar-refractivity contribution is -0.151. The second-order valence-corrected chi connectivity index (χ2v) is 13.0. The monoisotopic (exact) mass is 490 g/mol. The van der Waals surface area contributed by atoms with E-state index in [0.29, 0.717) is 36.9 Å². The molecule has 2 bridgehead atoms. The molecule has 0 saturated heterocycles. The first-order chi connectivity index (χ1) is 16.8. The average molecular weight is 491 g/mol. The molecule has 0 aromatic heterocycles. The van der Waals surface area contributed by atoms with Gasteiger partial charge in [0.1, 0.15) is 6.10 Å². The zero-order chi connectivity index (χ0) is 26.4. The van der Waals surface area contributed by atoms with E-state index in [1.54, 1.807) is 0 Å². The Labute approximate surface area is 216 Å². The number of hydrogen-bond acceptors (Lipinski definition) is 4. The van der Waals surface area contributed by atoms with Crippen LogP contribution in [0.15, 0.2) is 44.6 Å². The number of carbonyl (C=O) groups excluding carboxylic acids is 3. The fourth-order valence-electron chi connectivity index (χ4n) is 9.27. The second-order valence-electron chi connectivity index (χ2n) is 13.0. The molecule has 36 heavy (non-hydrogen) atoms. The number of ketones is 2. The fourth-order valence-corrected chi connectivity index (χ4v) is 9.27. The highest BCUT2D eigenvalue weighted by molar-refractivity contribution is 5.98. The lowest BCUT2D eigenvalue weighted by Gasteiger charge is -2.40. The van der Waals surface area contributed by atoms with Gasteiger partial charge in [0.05, 0.1) is 0 Å². The number of fused-ring (bicyclic) bond motifs is 9. The van der Waals surface area contributed by atoms with Crippen molar-refractivity contribution in [1.29, 1.82) is 0 Å². The average Bonchev–Trinajstić information content (AvgIpc) is 3.17. The van der Waals surface area contributed by atoms with E-state index in [2.05, 4.69) is 41.5 Å². The van der Waals surface area contributed by atoms with Gasteiger partial charge in [-0.25, -0.2) is 0 Å². The van der Waals surface area contributed by atoms with Crippen LogP contribution in [-0.2, 0) is 19.1 Å². The molecule has 0 spiro atoms. The van der Waals surface area contributed by atoms with Gasteiger partial charge in [0.2, 0.25) is 0 Å². The molecule has 5 rings (SSSR count). The summed E-state index contributed by atoms with van der Waals surface area (Å²) in [5.74, 6) is 1.73. The molecule has 0 unspecified atom stereocenters. The van der Waals surface area contributed by atoms with Gasteiger partial charge in [-0.05, 0) is 88.2 Å². The van der Waals surface area contributed by atoms with Gasteiger partial charge >= 0.3 is 5.97 Å². The van der Waals surface area contributed by atoms with E-state index >= 15 is 0 Å². The number of ether oxygens (including phenoxy) is 1. The Kier molecular flexibility index (Phi) is 5.93. The summed E-state index contributed by atoms with van der Waals surface area (Å²) in [4.78, 5) is 38.9. The van der Waals surface area contributed by atoms with Gasteiger partial charge in [0.25, 0.3) is 0 Å². The number of esters is 1. The van der Waals surface area contributed by atoms with E-state index in [4.69, 9.17) is 4.74 Å². The van der Waals surface area contributed by atoms with Crippen molar-refractivity contribution in [3.8, 4) is 0 Å². The fraction of sp³-hybridized carbons (Fsp3) is 0.656. The van der Waals surface area contributed by atoms with Crippen molar-refractivity contribution >= 4 is 17.5 Å². The van der Waals surface area contributed by atoms with Crippen LogP contribution >= 0.6 is 0 Å². The van der Waals surface area contributed by atoms with Gasteiger partial charge in [0, 0.05) is 31.1 Å². The number of Topliss-reactive ketones (excluding diaryl/α,β-unsaturated/α-hetero) is 2. The molecule has 4 nitrogen and oxygen atoms in total. The van der Waals surface area contributed by atoms with Crippen LogP contribution in [0.1, 0.15) is 88.0 Å². The van der Waals surface area contributed by atoms with Gasteiger partial charge in [-0.3, -0.25) is 14.4 Å². The Balaban J connectivity index is 1.72. The number of rotatable bonds is 1. The van der Waals surface area contributed by atoms with Crippen LogP contribution in [0, 0.1) is 40.9 Å². The molecular weight excluding hydrogens is 448 g/mol. The molecule has 194 valence electrons. The van der Waals surface area contributed by atoms with E-state index in [1.165, 1.54) is 29.2 Å². The number of allylic oxidation sites excluding steroid dienone is 6. The summed E-state index contributed by atoms with van der Waals surface area (Å²) < 4.78 is 6.24. The zero-order valence-corrected chi connectivity index (χ0v) is 23.5. The smallest absolute Gasteiger partial charge is 0.302 e. The lowest BCUT2D eigenvalue weighted by Crippen LogP contribution is -2.37. The summed E-state index contributed by atoms with van der Waals surface area (Å²) in [6.07, 6.45) is 2.34. The molecule has 0 amide bonds. The molecule has 4 heteroatoms. The van der Waals surface area contributed by atoms with Crippen molar-refractivity contribution in [2.45, 2.75) is 94.1 Å². The van der Waals surface area contributed by atoms with E-state index in [1.807, 2.05) is 13.8 Å².